The lowest BCUT2D eigenvalue weighted by Crippen LogP contribution is -2.19. The zero-order valence-electron chi connectivity index (χ0n) is 11.1. The van der Waals surface area contributed by atoms with Crippen LogP contribution in [0, 0.1) is 11.3 Å². The topological polar surface area (TPSA) is 80.4 Å². The molecule has 0 radical (unpaired) electrons. The van der Waals surface area contributed by atoms with Gasteiger partial charge in [0.2, 0.25) is 5.88 Å². The maximum atomic E-state index is 9.28. The molecule has 3 rings (SSSR count). The Morgan fingerprint density at radius 3 is 2.84 bits per heavy atom. The predicted molar refractivity (Wildman–Crippen MR) is 74.1 cm³/mol. The van der Waals surface area contributed by atoms with Crippen LogP contribution < -0.4 is 15.8 Å². The van der Waals surface area contributed by atoms with Crippen LogP contribution in [0.25, 0.3) is 0 Å². The Kier molecular flexibility index (Phi) is 3.22. The third-order valence-electron chi connectivity index (χ3n) is 3.98. The minimum atomic E-state index is 0.0676. The molecule has 2 fully saturated rings. The van der Waals surface area contributed by atoms with Crippen LogP contribution in [0.5, 0.6) is 5.88 Å². The second-order valence-electron chi connectivity index (χ2n) is 5.86. The van der Waals surface area contributed by atoms with Gasteiger partial charge in [0.1, 0.15) is 5.82 Å². The van der Waals surface area contributed by atoms with Gasteiger partial charge in [-0.05, 0) is 43.7 Å². The van der Waals surface area contributed by atoms with E-state index in [1.54, 1.807) is 0 Å². The molecule has 0 aromatic carbocycles. The predicted octanol–water partition coefficient (Wildman–Crippen LogP) is 1.64. The van der Waals surface area contributed by atoms with Gasteiger partial charge >= 0.3 is 0 Å². The van der Waals surface area contributed by atoms with E-state index in [9.17, 15) is 5.11 Å². The summed E-state index contributed by atoms with van der Waals surface area (Å²) in [5.74, 6) is 1.97. The minimum absolute atomic E-state index is 0.0676. The molecular formula is C14H21N3O2. The van der Waals surface area contributed by atoms with Gasteiger partial charge in [0.25, 0.3) is 0 Å². The number of hydrogen-bond acceptors (Lipinski definition) is 5. The largest absolute Gasteiger partial charge is 0.476 e. The van der Waals surface area contributed by atoms with Crippen molar-refractivity contribution in [1.82, 2.24) is 4.98 Å². The highest BCUT2D eigenvalue weighted by Crippen LogP contribution is 2.44. The van der Waals surface area contributed by atoms with Gasteiger partial charge in [-0.2, -0.15) is 4.98 Å². The van der Waals surface area contributed by atoms with E-state index in [2.05, 4.69) is 10.3 Å². The maximum absolute atomic E-state index is 9.28. The Hall–Kier alpha value is -1.49. The average Bonchev–Trinajstić information content (AvgIpc) is 3.32. The molecule has 0 bridgehead atoms. The molecule has 0 saturated heterocycles. The summed E-state index contributed by atoms with van der Waals surface area (Å²) in [6, 6.07) is 3.67. The highest BCUT2D eigenvalue weighted by atomic mass is 16.5. The molecule has 0 spiro atoms. The lowest BCUT2D eigenvalue weighted by molar-refractivity contribution is 0.219. The van der Waals surface area contributed by atoms with E-state index in [1.807, 2.05) is 12.1 Å². The summed E-state index contributed by atoms with van der Waals surface area (Å²) < 4.78 is 5.65. The number of rotatable bonds is 7. The van der Waals surface area contributed by atoms with E-state index in [0.29, 0.717) is 24.1 Å². The van der Waals surface area contributed by atoms with Crippen molar-refractivity contribution < 1.29 is 9.84 Å². The number of aliphatic hydroxyl groups is 1. The first-order valence-corrected chi connectivity index (χ1v) is 6.95. The number of ether oxygens (including phenoxy) is 1. The van der Waals surface area contributed by atoms with E-state index < -0.39 is 0 Å². The van der Waals surface area contributed by atoms with Gasteiger partial charge in [-0.3, -0.25) is 0 Å². The zero-order chi connectivity index (χ0) is 13.3. The quantitative estimate of drug-likeness (QED) is 0.697. The lowest BCUT2D eigenvalue weighted by Gasteiger charge is -2.14. The fourth-order valence-corrected chi connectivity index (χ4v) is 1.99. The number of hydrogen-bond donors (Lipinski definition) is 3. The van der Waals surface area contributed by atoms with Crippen LogP contribution in [0.2, 0.25) is 0 Å². The molecule has 5 heteroatoms. The summed E-state index contributed by atoms with van der Waals surface area (Å²) in [6.07, 6.45) is 4.65. The smallest absolute Gasteiger partial charge is 0.239 e. The second-order valence-corrected chi connectivity index (χ2v) is 5.86. The van der Waals surface area contributed by atoms with Gasteiger partial charge < -0.3 is 20.9 Å². The van der Waals surface area contributed by atoms with Crippen LogP contribution in [-0.2, 0) is 0 Å². The maximum Gasteiger partial charge on any atom is 0.239 e. The van der Waals surface area contributed by atoms with Crippen LogP contribution in [0.15, 0.2) is 12.1 Å². The molecule has 0 amide bonds. The number of anilines is 2. The summed E-state index contributed by atoms with van der Waals surface area (Å²) in [6.45, 7) is 1.70. The van der Waals surface area contributed by atoms with Crippen molar-refractivity contribution in [2.75, 3.05) is 30.8 Å². The molecule has 104 valence electrons. The summed E-state index contributed by atoms with van der Waals surface area (Å²) in [5, 5.41) is 12.5. The fourth-order valence-electron chi connectivity index (χ4n) is 1.99. The number of pyridine rings is 1. The molecule has 0 unspecified atom stereocenters. The van der Waals surface area contributed by atoms with E-state index >= 15 is 0 Å². The average molecular weight is 263 g/mol. The molecule has 4 N–H and O–H groups in total. The number of nitrogens with one attached hydrogen (secondary N) is 1. The van der Waals surface area contributed by atoms with Crippen molar-refractivity contribution in [3.63, 3.8) is 0 Å². The van der Waals surface area contributed by atoms with Gasteiger partial charge in [0.05, 0.1) is 18.9 Å². The first-order chi connectivity index (χ1) is 9.21. The van der Waals surface area contributed by atoms with E-state index in [-0.39, 0.29) is 12.0 Å². The summed E-state index contributed by atoms with van der Waals surface area (Å²) in [7, 11) is 0. The van der Waals surface area contributed by atoms with E-state index in [4.69, 9.17) is 10.5 Å². The van der Waals surface area contributed by atoms with Gasteiger partial charge in [-0.25, -0.2) is 0 Å². The Morgan fingerprint density at radius 1 is 1.42 bits per heavy atom. The molecule has 2 aliphatic carbocycles. The van der Waals surface area contributed by atoms with Crippen molar-refractivity contribution in [3.8, 4) is 5.88 Å². The van der Waals surface area contributed by atoms with Gasteiger partial charge in [0, 0.05) is 12.0 Å². The molecule has 19 heavy (non-hydrogen) atoms. The van der Waals surface area contributed by atoms with E-state index in [0.717, 1.165) is 25.2 Å². The van der Waals surface area contributed by atoms with Crippen LogP contribution in [0.3, 0.4) is 0 Å². The number of nitrogen functional groups attached to an aromatic ring is 1. The first-order valence-electron chi connectivity index (χ1n) is 6.95. The number of nitrogens with two attached hydrogens (primary N) is 1. The first kappa shape index (κ1) is 12.5. The summed E-state index contributed by atoms with van der Waals surface area (Å²) >= 11 is 0. The van der Waals surface area contributed by atoms with Crippen molar-refractivity contribution in [2.24, 2.45) is 11.3 Å². The molecule has 2 saturated carbocycles. The molecule has 1 aromatic rings. The van der Waals surface area contributed by atoms with Crippen molar-refractivity contribution in [1.29, 1.82) is 0 Å². The number of aromatic nitrogens is 1. The normalized spacial score (nSPS) is 20.1. The summed E-state index contributed by atoms with van der Waals surface area (Å²) in [4.78, 5) is 4.40. The van der Waals surface area contributed by atoms with Crippen LogP contribution >= 0.6 is 0 Å². The van der Waals surface area contributed by atoms with Crippen LogP contribution in [-0.4, -0.2) is 29.8 Å². The van der Waals surface area contributed by atoms with Crippen molar-refractivity contribution >= 4 is 11.5 Å². The van der Waals surface area contributed by atoms with Gasteiger partial charge in [-0.1, -0.05) is 0 Å². The highest BCUT2D eigenvalue weighted by Gasteiger charge is 2.41. The molecule has 0 aliphatic heterocycles. The lowest BCUT2D eigenvalue weighted by atomic mass is 10.1. The van der Waals surface area contributed by atoms with Gasteiger partial charge in [-0.15, -0.1) is 0 Å². The zero-order valence-corrected chi connectivity index (χ0v) is 11.1. The van der Waals surface area contributed by atoms with Gasteiger partial charge in [0.15, 0.2) is 0 Å². The fraction of sp³-hybridized carbons (Fsp3) is 0.643. The Labute approximate surface area is 113 Å². The van der Waals surface area contributed by atoms with Crippen molar-refractivity contribution in [3.05, 3.63) is 12.1 Å². The van der Waals surface area contributed by atoms with Crippen LogP contribution in [0.4, 0.5) is 11.5 Å². The highest BCUT2D eigenvalue weighted by molar-refractivity contribution is 5.53. The Balaban J connectivity index is 1.59. The molecular weight excluding hydrogens is 242 g/mol. The standard InChI is InChI=1S/C14H21N3O2/c15-11-3-4-12(16-8-14(9-18)5-6-14)17-13(11)19-7-10-1-2-10/h3-4,10,18H,1-2,5-9,15H2,(H,16,17). The molecule has 2 aliphatic rings. The van der Waals surface area contributed by atoms with Crippen LogP contribution in [0.1, 0.15) is 25.7 Å². The third-order valence-corrected chi connectivity index (χ3v) is 3.98. The Bertz CT molecular complexity index is 456. The molecule has 5 nitrogen and oxygen atoms in total. The molecule has 1 heterocycles. The minimum Gasteiger partial charge on any atom is -0.476 e. The van der Waals surface area contributed by atoms with E-state index in [1.165, 1.54) is 12.8 Å². The molecule has 1 aromatic heterocycles. The number of nitrogens with zero attached hydrogens (tertiary/aromatic N) is 1. The monoisotopic (exact) mass is 263 g/mol. The summed E-state index contributed by atoms with van der Waals surface area (Å²) in [5.41, 5.74) is 6.51. The van der Waals surface area contributed by atoms with Crippen molar-refractivity contribution in [2.45, 2.75) is 25.7 Å². The second kappa shape index (κ2) is 4.89. The SMILES string of the molecule is Nc1ccc(NCC2(CO)CC2)nc1OCC1CC1. The number of aliphatic hydroxyl groups excluding tert-OH is 1. The Morgan fingerprint density at radius 2 is 2.21 bits per heavy atom. The third kappa shape index (κ3) is 3.10. The molecule has 0 atom stereocenters.